The van der Waals surface area contributed by atoms with Gasteiger partial charge in [0.25, 0.3) is 0 Å². The van der Waals surface area contributed by atoms with Crippen molar-refractivity contribution in [1.82, 2.24) is 0 Å². The number of hydrogen-bond donors (Lipinski definition) is 1. The van der Waals surface area contributed by atoms with Crippen LogP contribution < -0.4 is 0 Å². The number of quaternary nitrogens is 1. The van der Waals surface area contributed by atoms with Crippen molar-refractivity contribution in [1.29, 1.82) is 0 Å². The lowest BCUT2D eigenvalue weighted by Crippen LogP contribution is -2.37. The standard InChI is InChI=1S/C46H90NO8P/c1-6-8-10-12-14-16-18-20-22-23-25-27-29-31-33-35-37-39-46(49)55-44(43-54-56(50,51)53-41-40-47(3,4)5)42-52-45(48)38-36-34-32-30-28-26-24-21-19-17-15-13-11-9-7-2/h21,24,44H,6-20,22-23,25-43H2,1-5H3/p+1/b24-21-. The predicted molar refractivity (Wildman–Crippen MR) is 234 cm³/mol. The molecule has 0 rings (SSSR count). The van der Waals surface area contributed by atoms with E-state index in [4.69, 9.17) is 18.5 Å². The van der Waals surface area contributed by atoms with Gasteiger partial charge >= 0.3 is 19.8 Å². The molecule has 0 aliphatic heterocycles. The van der Waals surface area contributed by atoms with Gasteiger partial charge in [-0.15, -0.1) is 0 Å². The minimum absolute atomic E-state index is 0.0337. The van der Waals surface area contributed by atoms with E-state index in [1.54, 1.807) is 0 Å². The Morgan fingerprint density at radius 1 is 0.536 bits per heavy atom. The van der Waals surface area contributed by atoms with E-state index in [0.717, 1.165) is 51.4 Å². The maximum Gasteiger partial charge on any atom is 0.472 e. The van der Waals surface area contributed by atoms with E-state index >= 15 is 0 Å². The first-order valence-electron chi connectivity index (χ1n) is 23.4. The lowest BCUT2D eigenvalue weighted by molar-refractivity contribution is -0.870. The Balaban J connectivity index is 4.30. The molecule has 0 aliphatic carbocycles. The van der Waals surface area contributed by atoms with Gasteiger partial charge in [-0.2, -0.15) is 0 Å². The molecule has 2 unspecified atom stereocenters. The van der Waals surface area contributed by atoms with Gasteiger partial charge in [0.1, 0.15) is 19.8 Å². The van der Waals surface area contributed by atoms with Crippen LogP contribution in [-0.2, 0) is 32.7 Å². The molecule has 0 aromatic carbocycles. The molecule has 0 aromatic rings. The predicted octanol–water partition coefficient (Wildman–Crippen LogP) is 13.4. The number of unbranched alkanes of at least 4 members (excludes halogenated alkanes) is 27. The van der Waals surface area contributed by atoms with Crippen molar-refractivity contribution in [2.24, 2.45) is 0 Å². The molecule has 0 fully saturated rings. The fraction of sp³-hybridized carbons (Fsp3) is 0.913. The Morgan fingerprint density at radius 2 is 0.911 bits per heavy atom. The van der Waals surface area contributed by atoms with E-state index in [2.05, 4.69) is 26.0 Å². The molecule has 2 atom stereocenters. The van der Waals surface area contributed by atoms with Gasteiger partial charge in [-0.05, 0) is 38.5 Å². The number of carbonyl (C=O) groups excluding carboxylic acids is 2. The maximum absolute atomic E-state index is 12.7. The summed E-state index contributed by atoms with van der Waals surface area (Å²) in [4.78, 5) is 35.4. The summed E-state index contributed by atoms with van der Waals surface area (Å²) in [5.41, 5.74) is 0. The highest BCUT2D eigenvalue weighted by Gasteiger charge is 2.27. The van der Waals surface area contributed by atoms with Crippen LogP contribution in [0, 0.1) is 0 Å². The zero-order valence-corrected chi connectivity index (χ0v) is 38.3. The SMILES string of the molecule is CCCCCCCC/C=C\CCCCCCCC(=O)OCC(COP(=O)(O)OCC[N+](C)(C)C)OC(=O)CCCCCCCCCCCCCCCCCCC. The summed E-state index contributed by atoms with van der Waals surface area (Å²) in [6.07, 6.45) is 41.1. The third-order valence-corrected chi connectivity index (χ3v) is 11.3. The van der Waals surface area contributed by atoms with Crippen LogP contribution in [-0.4, -0.2) is 74.9 Å². The second-order valence-electron chi connectivity index (χ2n) is 17.1. The first kappa shape index (κ1) is 54.8. The van der Waals surface area contributed by atoms with E-state index in [1.807, 2.05) is 21.1 Å². The molecular weight excluding hydrogens is 725 g/mol. The van der Waals surface area contributed by atoms with Crippen LogP contribution >= 0.6 is 7.82 Å². The Hall–Kier alpha value is -1.25. The molecule has 0 heterocycles. The molecule has 10 heteroatoms. The van der Waals surface area contributed by atoms with Crippen molar-refractivity contribution in [2.45, 2.75) is 225 Å². The number of nitrogens with zero attached hydrogens (tertiary/aromatic N) is 1. The minimum Gasteiger partial charge on any atom is -0.462 e. The van der Waals surface area contributed by atoms with Gasteiger partial charge in [-0.3, -0.25) is 18.6 Å². The smallest absolute Gasteiger partial charge is 0.462 e. The van der Waals surface area contributed by atoms with Gasteiger partial charge in [0.15, 0.2) is 6.10 Å². The van der Waals surface area contributed by atoms with Crippen LogP contribution in [0.15, 0.2) is 12.2 Å². The molecule has 0 saturated carbocycles. The molecule has 332 valence electrons. The van der Waals surface area contributed by atoms with Gasteiger partial charge in [-0.1, -0.05) is 180 Å². The summed E-state index contributed by atoms with van der Waals surface area (Å²) in [6.45, 7) is 4.44. The van der Waals surface area contributed by atoms with Crippen LogP contribution in [0.1, 0.15) is 219 Å². The fourth-order valence-corrected chi connectivity index (χ4v) is 7.34. The summed E-state index contributed by atoms with van der Waals surface area (Å²) in [5, 5.41) is 0. The van der Waals surface area contributed by atoms with Crippen LogP contribution in [0.3, 0.4) is 0 Å². The summed E-state index contributed by atoms with van der Waals surface area (Å²) < 4.78 is 34.4. The van der Waals surface area contributed by atoms with Crippen molar-refractivity contribution in [2.75, 3.05) is 47.5 Å². The highest BCUT2D eigenvalue weighted by molar-refractivity contribution is 7.47. The molecule has 0 spiro atoms. The van der Waals surface area contributed by atoms with Crippen molar-refractivity contribution < 1.29 is 42.1 Å². The van der Waals surface area contributed by atoms with Gasteiger partial charge in [0, 0.05) is 12.8 Å². The minimum atomic E-state index is -4.37. The molecule has 9 nitrogen and oxygen atoms in total. The summed E-state index contributed by atoms with van der Waals surface area (Å²) >= 11 is 0. The quantitative estimate of drug-likeness (QED) is 0.0213. The maximum atomic E-state index is 12.7. The largest absolute Gasteiger partial charge is 0.472 e. The molecule has 0 saturated heterocycles. The zero-order valence-electron chi connectivity index (χ0n) is 37.4. The van der Waals surface area contributed by atoms with E-state index in [0.29, 0.717) is 17.4 Å². The van der Waals surface area contributed by atoms with Crippen molar-refractivity contribution in [3.05, 3.63) is 12.2 Å². The number of hydrogen-bond acceptors (Lipinski definition) is 7. The van der Waals surface area contributed by atoms with Crippen LogP contribution in [0.4, 0.5) is 0 Å². The van der Waals surface area contributed by atoms with Crippen molar-refractivity contribution in [3.8, 4) is 0 Å². The number of allylic oxidation sites excluding steroid dienone is 2. The highest BCUT2D eigenvalue weighted by atomic mass is 31.2. The highest BCUT2D eigenvalue weighted by Crippen LogP contribution is 2.43. The summed E-state index contributed by atoms with van der Waals surface area (Å²) in [5.74, 6) is -0.796. The Labute approximate surface area is 346 Å². The van der Waals surface area contributed by atoms with Gasteiger partial charge in [0.05, 0.1) is 27.7 Å². The number of likely N-dealkylation sites (N-methyl/N-ethyl adjacent to an activating group) is 1. The molecule has 0 aromatic heterocycles. The third kappa shape index (κ3) is 42.4. The average Bonchev–Trinajstić information content (AvgIpc) is 3.15. The monoisotopic (exact) mass is 817 g/mol. The van der Waals surface area contributed by atoms with Crippen LogP contribution in [0.5, 0.6) is 0 Å². The van der Waals surface area contributed by atoms with E-state index in [9.17, 15) is 19.0 Å². The van der Waals surface area contributed by atoms with Crippen molar-refractivity contribution >= 4 is 19.8 Å². The second kappa shape index (κ2) is 39.2. The molecule has 0 radical (unpaired) electrons. The van der Waals surface area contributed by atoms with E-state index in [1.165, 1.54) is 135 Å². The van der Waals surface area contributed by atoms with Crippen LogP contribution in [0.2, 0.25) is 0 Å². The van der Waals surface area contributed by atoms with E-state index in [-0.39, 0.29) is 32.0 Å². The van der Waals surface area contributed by atoms with Gasteiger partial charge in [0.2, 0.25) is 0 Å². The first-order chi connectivity index (χ1) is 27.0. The molecular formula is C46H91NO8P+. The zero-order chi connectivity index (χ0) is 41.4. The number of phosphoric ester groups is 1. The number of carbonyl (C=O) groups is 2. The first-order valence-corrected chi connectivity index (χ1v) is 24.9. The Morgan fingerprint density at radius 3 is 1.32 bits per heavy atom. The van der Waals surface area contributed by atoms with Crippen LogP contribution in [0.25, 0.3) is 0 Å². The molecule has 0 bridgehead atoms. The lowest BCUT2D eigenvalue weighted by atomic mass is 10.0. The lowest BCUT2D eigenvalue weighted by Gasteiger charge is -2.24. The van der Waals surface area contributed by atoms with E-state index < -0.39 is 26.5 Å². The molecule has 0 aliphatic rings. The van der Waals surface area contributed by atoms with Gasteiger partial charge in [-0.25, -0.2) is 4.57 Å². The summed E-state index contributed by atoms with van der Waals surface area (Å²) in [7, 11) is 1.48. The molecule has 56 heavy (non-hydrogen) atoms. The number of esters is 2. The second-order valence-corrected chi connectivity index (χ2v) is 18.6. The number of phosphoric acid groups is 1. The molecule has 0 amide bonds. The van der Waals surface area contributed by atoms with Gasteiger partial charge < -0.3 is 18.9 Å². The Kier molecular flexibility index (Phi) is 38.3. The third-order valence-electron chi connectivity index (χ3n) is 10.3. The number of rotatable bonds is 43. The number of ether oxygens (including phenoxy) is 2. The van der Waals surface area contributed by atoms with Crippen molar-refractivity contribution in [3.63, 3.8) is 0 Å². The fourth-order valence-electron chi connectivity index (χ4n) is 6.60. The normalized spacial score (nSPS) is 13.6. The average molecular weight is 817 g/mol. The topological polar surface area (TPSA) is 108 Å². The Bertz CT molecular complexity index is 969. The molecule has 1 N–H and O–H groups in total. The summed E-state index contributed by atoms with van der Waals surface area (Å²) in [6, 6.07) is 0.